The summed E-state index contributed by atoms with van der Waals surface area (Å²) < 4.78 is 10.5. The predicted molar refractivity (Wildman–Crippen MR) is 74.6 cm³/mol. The van der Waals surface area contributed by atoms with Gasteiger partial charge in [-0.15, -0.1) is 10.2 Å². The molecule has 2 N–H and O–H groups in total. The van der Waals surface area contributed by atoms with Gasteiger partial charge in [0, 0.05) is 31.7 Å². The lowest BCUT2D eigenvalue weighted by molar-refractivity contribution is -0.105. The van der Waals surface area contributed by atoms with Crippen LogP contribution in [0.15, 0.2) is 30.5 Å². The zero-order chi connectivity index (χ0) is 15.1. The lowest BCUT2D eigenvalue weighted by Gasteiger charge is -2.17. The monoisotopic (exact) mass is 286 g/mol. The summed E-state index contributed by atoms with van der Waals surface area (Å²) in [5, 5.41) is 25.4. The topological polar surface area (TPSA) is 109 Å². The van der Waals surface area contributed by atoms with Gasteiger partial charge in [0.25, 0.3) is 0 Å². The fourth-order valence-electron chi connectivity index (χ4n) is 1.76. The Morgan fingerprint density at radius 2 is 2.14 bits per heavy atom. The Kier molecular flexibility index (Phi) is 4.98. The van der Waals surface area contributed by atoms with Crippen molar-refractivity contribution in [2.24, 2.45) is 0 Å². The Morgan fingerprint density at radius 1 is 1.38 bits per heavy atom. The van der Waals surface area contributed by atoms with Crippen molar-refractivity contribution in [3.8, 4) is 6.07 Å². The summed E-state index contributed by atoms with van der Waals surface area (Å²) in [5.74, 6) is 0.220. The first-order valence-corrected chi connectivity index (χ1v) is 6.05. The molecule has 2 aromatic rings. The predicted octanol–water partition coefficient (Wildman–Crippen LogP) is 1.47. The van der Waals surface area contributed by atoms with E-state index in [1.807, 2.05) is 30.3 Å². The van der Waals surface area contributed by atoms with E-state index in [2.05, 4.69) is 25.9 Å². The molecular weight excluding hydrogens is 272 g/mol. The van der Waals surface area contributed by atoms with E-state index in [-0.39, 0.29) is 11.4 Å². The van der Waals surface area contributed by atoms with Crippen molar-refractivity contribution in [3.05, 3.63) is 41.9 Å². The first kappa shape index (κ1) is 14.6. The van der Waals surface area contributed by atoms with E-state index in [0.717, 1.165) is 11.3 Å². The summed E-state index contributed by atoms with van der Waals surface area (Å²) >= 11 is 0. The van der Waals surface area contributed by atoms with E-state index in [1.165, 1.54) is 6.20 Å². The average Bonchev–Trinajstić information content (AvgIpc) is 3.05. The molecule has 0 atom stereocenters. The molecule has 1 heterocycles. The van der Waals surface area contributed by atoms with Crippen LogP contribution in [0.5, 0.6) is 0 Å². The zero-order valence-corrected chi connectivity index (χ0v) is 11.6. The molecule has 0 bridgehead atoms. The van der Waals surface area contributed by atoms with Gasteiger partial charge in [-0.1, -0.05) is 18.2 Å². The summed E-state index contributed by atoms with van der Waals surface area (Å²) in [6.45, 7) is 0. The number of benzene rings is 1. The highest BCUT2D eigenvalue weighted by Gasteiger charge is 2.13. The number of ether oxygens (including phenoxy) is 2. The van der Waals surface area contributed by atoms with E-state index < -0.39 is 6.29 Å². The van der Waals surface area contributed by atoms with Crippen molar-refractivity contribution in [2.75, 3.05) is 19.5 Å². The summed E-state index contributed by atoms with van der Waals surface area (Å²) in [6.07, 6.45) is 1.00. The molecule has 0 spiro atoms. The number of nitrogens with one attached hydrogen (secondary N) is 2. The molecular formula is C13H14N6O2. The Balaban J connectivity index is 2.26. The molecule has 8 heteroatoms. The van der Waals surface area contributed by atoms with Crippen molar-refractivity contribution < 1.29 is 9.47 Å². The fourth-order valence-corrected chi connectivity index (χ4v) is 1.76. The molecule has 0 saturated carbocycles. The van der Waals surface area contributed by atoms with Gasteiger partial charge in [0.05, 0.1) is 0 Å². The Bertz CT molecular complexity index is 643. The Labute approximate surface area is 121 Å². The molecule has 1 aromatic carbocycles. The highest BCUT2D eigenvalue weighted by atomic mass is 16.7. The maximum Gasteiger partial charge on any atom is 0.216 e. The second-order valence-corrected chi connectivity index (χ2v) is 3.94. The molecule has 0 aliphatic carbocycles. The first-order valence-electron chi connectivity index (χ1n) is 6.05. The maximum atomic E-state index is 9.12. The number of hydrogen-bond acceptors (Lipinski definition) is 7. The van der Waals surface area contributed by atoms with Crippen LogP contribution in [0.4, 0.5) is 5.69 Å². The molecule has 0 unspecified atom stereocenters. The van der Waals surface area contributed by atoms with Gasteiger partial charge in [0.1, 0.15) is 11.6 Å². The Morgan fingerprint density at radius 3 is 2.76 bits per heavy atom. The normalized spacial score (nSPS) is 11.4. The van der Waals surface area contributed by atoms with Gasteiger partial charge in [-0.25, -0.2) is 0 Å². The number of nitrogens with zero attached hydrogens (tertiary/aromatic N) is 4. The largest absolute Gasteiger partial charge is 0.360 e. The second-order valence-electron chi connectivity index (χ2n) is 3.94. The van der Waals surface area contributed by atoms with Crippen LogP contribution in [0.1, 0.15) is 17.7 Å². The number of H-pyrrole nitrogens is 1. The van der Waals surface area contributed by atoms with Crippen LogP contribution in [0, 0.1) is 11.3 Å². The molecule has 0 fully saturated rings. The van der Waals surface area contributed by atoms with Gasteiger partial charge in [-0.05, 0) is 11.3 Å². The van der Waals surface area contributed by atoms with E-state index >= 15 is 0 Å². The SMILES string of the molecule is COC(OC)c1ccccc1NC=C(C#N)c1nn[nH]n1. The van der Waals surface area contributed by atoms with Gasteiger partial charge in [-0.2, -0.15) is 10.5 Å². The number of rotatable bonds is 6. The molecule has 0 amide bonds. The van der Waals surface area contributed by atoms with E-state index in [0.29, 0.717) is 0 Å². The summed E-state index contributed by atoms with van der Waals surface area (Å²) in [7, 11) is 3.11. The molecule has 8 nitrogen and oxygen atoms in total. The smallest absolute Gasteiger partial charge is 0.216 e. The third-order valence-corrected chi connectivity index (χ3v) is 2.72. The number of hydrogen-bond donors (Lipinski definition) is 2. The number of tetrazole rings is 1. The minimum absolute atomic E-state index is 0.220. The zero-order valence-electron chi connectivity index (χ0n) is 11.6. The number of allylic oxidation sites excluding steroid dienone is 1. The third-order valence-electron chi connectivity index (χ3n) is 2.72. The van der Waals surface area contributed by atoms with Crippen molar-refractivity contribution in [2.45, 2.75) is 6.29 Å². The highest BCUT2D eigenvalue weighted by Crippen LogP contribution is 2.26. The molecule has 0 radical (unpaired) electrons. The van der Waals surface area contributed by atoms with Crippen LogP contribution in [0.25, 0.3) is 5.57 Å². The minimum Gasteiger partial charge on any atom is -0.360 e. The molecule has 21 heavy (non-hydrogen) atoms. The maximum absolute atomic E-state index is 9.12. The number of aromatic nitrogens is 4. The van der Waals surface area contributed by atoms with Gasteiger partial charge in [0.15, 0.2) is 6.29 Å². The molecule has 0 saturated heterocycles. The van der Waals surface area contributed by atoms with Crippen LogP contribution < -0.4 is 5.32 Å². The number of aromatic amines is 1. The van der Waals surface area contributed by atoms with E-state index in [1.54, 1.807) is 14.2 Å². The van der Waals surface area contributed by atoms with Gasteiger partial charge in [-0.3, -0.25) is 0 Å². The van der Waals surface area contributed by atoms with Crippen LogP contribution in [0.3, 0.4) is 0 Å². The van der Waals surface area contributed by atoms with Crippen molar-refractivity contribution in [3.63, 3.8) is 0 Å². The summed E-state index contributed by atoms with van der Waals surface area (Å²) in [4.78, 5) is 0. The lowest BCUT2D eigenvalue weighted by atomic mass is 10.1. The number of methoxy groups -OCH3 is 2. The minimum atomic E-state index is -0.502. The molecule has 0 aliphatic heterocycles. The molecule has 1 aromatic heterocycles. The second kappa shape index (κ2) is 7.14. The summed E-state index contributed by atoms with van der Waals surface area (Å²) in [5.41, 5.74) is 1.82. The number of nitriles is 1. The van der Waals surface area contributed by atoms with Gasteiger partial charge >= 0.3 is 0 Å². The van der Waals surface area contributed by atoms with Gasteiger partial charge < -0.3 is 14.8 Å². The molecule has 2 rings (SSSR count). The first-order chi connectivity index (χ1) is 10.3. The van der Waals surface area contributed by atoms with Crippen molar-refractivity contribution in [1.82, 2.24) is 20.6 Å². The van der Waals surface area contributed by atoms with Gasteiger partial charge in [0.2, 0.25) is 5.82 Å². The Hall–Kier alpha value is -2.76. The number of anilines is 1. The summed E-state index contributed by atoms with van der Waals surface area (Å²) in [6, 6.07) is 9.46. The molecule has 108 valence electrons. The third kappa shape index (κ3) is 3.42. The highest BCUT2D eigenvalue weighted by molar-refractivity contribution is 5.74. The number of para-hydroxylation sites is 1. The quantitative estimate of drug-likeness (QED) is 0.611. The lowest BCUT2D eigenvalue weighted by Crippen LogP contribution is -2.06. The van der Waals surface area contributed by atoms with Crippen molar-refractivity contribution in [1.29, 1.82) is 5.26 Å². The molecule has 0 aliphatic rings. The fraction of sp³-hybridized carbons (Fsp3) is 0.231. The van der Waals surface area contributed by atoms with E-state index in [9.17, 15) is 0 Å². The van der Waals surface area contributed by atoms with Crippen LogP contribution in [0.2, 0.25) is 0 Å². The van der Waals surface area contributed by atoms with Crippen LogP contribution in [-0.2, 0) is 9.47 Å². The standard InChI is InChI=1S/C13H14N6O2/c1-20-13(21-2)10-5-3-4-6-11(10)15-8-9(7-14)12-16-18-19-17-12/h3-6,8,13,15H,1-2H3,(H,16,17,18,19). The van der Waals surface area contributed by atoms with Crippen LogP contribution in [-0.4, -0.2) is 34.8 Å². The van der Waals surface area contributed by atoms with E-state index in [4.69, 9.17) is 14.7 Å². The van der Waals surface area contributed by atoms with Crippen LogP contribution >= 0.6 is 0 Å². The van der Waals surface area contributed by atoms with Crippen molar-refractivity contribution >= 4 is 11.3 Å². The average molecular weight is 286 g/mol.